The average Bonchev–Trinajstić information content (AvgIpc) is 2.61. The third-order valence-corrected chi connectivity index (χ3v) is 2.38. The fourth-order valence-corrected chi connectivity index (χ4v) is 1.72. The number of benzene rings is 1. The van der Waals surface area contributed by atoms with E-state index in [1.807, 2.05) is 35.0 Å². The van der Waals surface area contributed by atoms with Crippen molar-refractivity contribution in [1.82, 2.24) is 9.78 Å². The summed E-state index contributed by atoms with van der Waals surface area (Å²) in [6.07, 6.45) is 1.71. The highest BCUT2D eigenvalue weighted by Gasteiger charge is 2.12. The molecule has 0 bridgehead atoms. The molecule has 1 aromatic carbocycles. The van der Waals surface area contributed by atoms with Crippen LogP contribution in [-0.2, 0) is 0 Å². The van der Waals surface area contributed by atoms with Gasteiger partial charge in [-0.2, -0.15) is 5.10 Å². The molecule has 0 atom stereocenters. The molecular formula is C12H16ClN3. The normalized spacial score (nSPS) is 10.2. The monoisotopic (exact) mass is 237 g/mol. The lowest BCUT2D eigenvalue weighted by Crippen LogP contribution is -2.05. The lowest BCUT2D eigenvalue weighted by molar-refractivity contribution is 0.736. The van der Waals surface area contributed by atoms with Crippen molar-refractivity contribution in [2.24, 2.45) is 0 Å². The maximum atomic E-state index is 5.90. The molecule has 0 aliphatic heterocycles. The number of hydrogen-bond acceptors (Lipinski definition) is 2. The van der Waals surface area contributed by atoms with Gasteiger partial charge in [0.1, 0.15) is 0 Å². The highest BCUT2D eigenvalue weighted by Crippen LogP contribution is 2.24. The number of nitrogen functional groups attached to an aromatic ring is 1. The summed E-state index contributed by atoms with van der Waals surface area (Å²) in [5.74, 6) is 0.368. The highest BCUT2D eigenvalue weighted by molar-refractivity contribution is 5.85. The van der Waals surface area contributed by atoms with E-state index in [2.05, 4.69) is 18.9 Å². The molecule has 0 unspecified atom stereocenters. The van der Waals surface area contributed by atoms with Gasteiger partial charge in [-0.3, -0.25) is 0 Å². The van der Waals surface area contributed by atoms with Crippen LogP contribution >= 0.6 is 12.4 Å². The second kappa shape index (κ2) is 5.03. The third kappa shape index (κ3) is 2.19. The first kappa shape index (κ1) is 12.6. The molecule has 1 heterocycles. The first-order valence-electron chi connectivity index (χ1n) is 5.09. The van der Waals surface area contributed by atoms with Crippen molar-refractivity contribution < 1.29 is 0 Å². The van der Waals surface area contributed by atoms with Crippen molar-refractivity contribution >= 4 is 18.1 Å². The second-order valence-electron chi connectivity index (χ2n) is 3.89. The van der Waals surface area contributed by atoms with E-state index in [1.165, 1.54) is 0 Å². The van der Waals surface area contributed by atoms with E-state index in [1.54, 1.807) is 6.20 Å². The minimum atomic E-state index is 0. The standard InChI is InChI=1S/C12H15N3.ClH/c1-9(2)12-11(13)8-14-15(12)10-6-4-3-5-7-10;/h3-9H,13H2,1-2H3;1H. The summed E-state index contributed by atoms with van der Waals surface area (Å²) in [6, 6.07) is 10.0. The maximum absolute atomic E-state index is 5.90. The van der Waals surface area contributed by atoms with Crippen LogP contribution in [0.5, 0.6) is 0 Å². The van der Waals surface area contributed by atoms with Crippen molar-refractivity contribution in [3.63, 3.8) is 0 Å². The Balaban J connectivity index is 0.00000128. The van der Waals surface area contributed by atoms with Crippen LogP contribution in [0.1, 0.15) is 25.5 Å². The average molecular weight is 238 g/mol. The number of nitrogens with two attached hydrogens (primary N) is 1. The Labute approximate surface area is 102 Å². The minimum Gasteiger partial charge on any atom is -0.396 e. The van der Waals surface area contributed by atoms with E-state index in [4.69, 9.17) is 5.73 Å². The number of para-hydroxylation sites is 1. The van der Waals surface area contributed by atoms with E-state index >= 15 is 0 Å². The zero-order chi connectivity index (χ0) is 10.8. The molecule has 0 saturated carbocycles. The highest BCUT2D eigenvalue weighted by atomic mass is 35.5. The Bertz CT molecular complexity index is 449. The van der Waals surface area contributed by atoms with Crippen molar-refractivity contribution in [2.45, 2.75) is 19.8 Å². The summed E-state index contributed by atoms with van der Waals surface area (Å²) < 4.78 is 1.90. The molecule has 3 nitrogen and oxygen atoms in total. The van der Waals surface area contributed by atoms with Gasteiger partial charge in [-0.15, -0.1) is 12.4 Å². The largest absolute Gasteiger partial charge is 0.396 e. The Morgan fingerprint density at radius 2 is 1.81 bits per heavy atom. The predicted octanol–water partition coefficient (Wildman–Crippen LogP) is 3.00. The molecule has 4 heteroatoms. The van der Waals surface area contributed by atoms with Crippen molar-refractivity contribution in [3.05, 3.63) is 42.2 Å². The fourth-order valence-electron chi connectivity index (χ4n) is 1.72. The van der Waals surface area contributed by atoms with Crippen molar-refractivity contribution in [1.29, 1.82) is 0 Å². The summed E-state index contributed by atoms with van der Waals surface area (Å²) in [4.78, 5) is 0. The van der Waals surface area contributed by atoms with Gasteiger partial charge in [0.2, 0.25) is 0 Å². The first-order valence-corrected chi connectivity index (χ1v) is 5.09. The Kier molecular flexibility index (Phi) is 3.96. The number of anilines is 1. The molecule has 0 fully saturated rings. The lowest BCUT2D eigenvalue weighted by atomic mass is 10.1. The number of aromatic nitrogens is 2. The Morgan fingerprint density at radius 3 is 2.38 bits per heavy atom. The zero-order valence-corrected chi connectivity index (χ0v) is 10.2. The van der Waals surface area contributed by atoms with Crippen LogP contribution in [-0.4, -0.2) is 9.78 Å². The van der Waals surface area contributed by atoms with Crippen LogP contribution in [0.3, 0.4) is 0 Å². The van der Waals surface area contributed by atoms with Gasteiger partial charge in [-0.05, 0) is 18.1 Å². The van der Waals surface area contributed by atoms with E-state index in [-0.39, 0.29) is 12.4 Å². The molecule has 86 valence electrons. The van der Waals surface area contributed by atoms with Crippen LogP contribution in [0.15, 0.2) is 36.5 Å². The number of halogens is 1. The van der Waals surface area contributed by atoms with Crippen molar-refractivity contribution in [2.75, 3.05) is 5.73 Å². The number of rotatable bonds is 2. The molecule has 0 amide bonds. The Morgan fingerprint density at radius 1 is 1.19 bits per heavy atom. The zero-order valence-electron chi connectivity index (χ0n) is 9.42. The van der Waals surface area contributed by atoms with E-state index in [9.17, 15) is 0 Å². The Hall–Kier alpha value is -1.48. The SMILES string of the molecule is CC(C)c1c(N)cnn1-c1ccccc1.Cl. The third-order valence-electron chi connectivity index (χ3n) is 2.38. The molecule has 1 aromatic heterocycles. The van der Waals surface area contributed by atoms with Crippen molar-refractivity contribution in [3.8, 4) is 5.69 Å². The summed E-state index contributed by atoms with van der Waals surface area (Å²) in [5, 5.41) is 4.30. The molecule has 0 aliphatic rings. The molecule has 16 heavy (non-hydrogen) atoms. The van der Waals surface area contributed by atoms with E-state index < -0.39 is 0 Å². The van der Waals surface area contributed by atoms with Gasteiger partial charge in [-0.25, -0.2) is 4.68 Å². The minimum absolute atomic E-state index is 0. The predicted molar refractivity (Wildman–Crippen MR) is 69.3 cm³/mol. The van der Waals surface area contributed by atoms with Gasteiger partial charge < -0.3 is 5.73 Å². The van der Waals surface area contributed by atoms with Gasteiger partial charge in [0.25, 0.3) is 0 Å². The first-order chi connectivity index (χ1) is 7.20. The fraction of sp³-hybridized carbons (Fsp3) is 0.250. The molecule has 2 aromatic rings. The van der Waals surface area contributed by atoms with Crippen LogP contribution in [0.4, 0.5) is 5.69 Å². The molecular weight excluding hydrogens is 222 g/mol. The second-order valence-corrected chi connectivity index (χ2v) is 3.89. The van der Waals surface area contributed by atoms with Gasteiger partial charge in [-0.1, -0.05) is 32.0 Å². The molecule has 2 rings (SSSR count). The van der Waals surface area contributed by atoms with Gasteiger partial charge in [0.15, 0.2) is 0 Å². The summed E-state index contributed by atoms with van der Waals surface area (Å²) >= 11 is 0. The smallest absolute Gasteiger partial charge is 0.0740 e. The van der Waals surface area contributed by atoms with E-state index in [0.29, 0.717) is 5.92 Å². The molecule has 0 aliphatic carbocycles. The number of hydrogen-bond donors (Lipinski definition) is 1. The van der Waals surface area contributed by atoms with E-state index in [0.717, 1.165) is 17.1 Å². The molecule has 0 spiro atoms. The number of nitrogens with zero attached hydrogens (tertiary/aromatic N) is 2. The van der Waals surface area contributed by atoms with Crippen LogP contribution < -0.4 is 5.73 Å². The van der Waals surface area contributed by atoms with Crippen LogP contribution in [0, 0.1) is 0 Å². The molecule has 0 saturated heterocycles. The topological polar surface area (TPSA) is 43.8 Å². The van der Waals surface area contributed by atoms with Crippen LogP contribution in [0.2, 0.25) is 0 Å². The summed E-state index contributed by atoms with van der Waals surface area (Å²) in [5.41, 5.74) is 8.78. The quantitative estimate of drug-likeness (QED) is 0.873. The summed E-state index contributed by atoms with van der Waals surface area (Å²) in [6.45, 7) is 4.24. The van der Waals surface area contributed by atoms with Gasteiger partial charge in [0, 0.05) is 0 Å². The summed E-state index contributed by atoms with van der Waals surface area (Å²) in [7, 11) is 0. The van der Waals surface area contributed by atoms with Crippen LogP contribution in [0.25, 0.3) is 5.69 Å². The maximum Gasteiger partial charge on any atom is 0.0740 e. The molecule has 0 radical (unpaired) electrons. The van der Waals surface area contributed by atoms with Gasteiger partial charge in [0.05, 0.1) is 23.3 Å². The molecule has 2 N–H and O–H groups in total. The lowest BCUT2D eigenvalue weighted by Gasteiger charge is -2.10. The van der Waals surface area contributed by atoms with Gasteiger partial charge >= 0.3 is 0 Å².